The summed E-state index contributed by atoms with van der Waals surface area (Å²) < 4.78 is 22.2. The van der Waals surface area contributed by atoms with Crippen molar-refractivity contribution in [2.75, 3.05) is 18.6 Å². The van der Waals surface area contributed by atoms with Crippen LogP contribution in [0.25, 0.3) is 10.9 Å². The predicted molar refractivity (Wildman–Crippen MR) is 84.6 cm³/mol. The Hall–Kier alpha value is -1.82. The molecule has 0 atom stereocenters. The fraction of sp³-hybridized carbons (Fsp3) is 0.400. The molecule has 0 unspecified atom stereocenters. The Morgan fingerprint density at radius 1 is 1.24 bits per heavy atom. The van der Waals surface area contributed by atoms with Crippen LogP contribution in [0, 0.1) is 20.8 Å². The average molecular weight is 308 g/mol. The van der Waals surface area contributed by atoms with Gasteiger partial charge in [-0.1, -0.05) is 11.6 Å². The van der Waals surface area contributed by atoms with E-state index in [1.165, 1.54) is 0 Å². The summed E-state index contributed by atoms with van der Waals surface area (Å²) in [7, 11) is -3.07. The van der Waals surface area contributed by atoms with Crippen LogP contribution in [0.1, 0.15) is 27.2 Å². The van der Waals surface area contributed by atoms with Crippen LogP contribution in [0.2, 0.25) is 0 Å². The number of H-pyrrole nitrogens is 1. The largest absolute Gasteiger partial charge is 0.350 e. The van der Waals surface area contributed by atoms with Crippen LogP contribution >= 0.6 is 0 Å². The molecule has 0 spiro atoms. The minimum Gasteiger partial charge on any atom is -0.350 e. The lowest BCUT2D eigenvalue weighted by Crippen LogP contribution is -2.29. The van der Waals surface area contributed by atoms with E-state index in [1.54, 1.807) is 0 Å². The van der Waals surface area contributed by atoms with E-state index in [0.717, 1.165) is 33.8 Å². The summed E-state index contributed by atoms with van der Waals surface area (Å²) in [5.41, 5.74) is 4.56. The Labute approximate surface area is 124 Å². The zero-order valence-electron chi connectivity index (χ0n) is 12.7. The lowest BCUT2D eigenvalue weighted by molar-refractivity contribution is 0.0951. The van der Waals surface area contributed by atoms with Crippen LogP contribution in [-0.4, -0.2) is 37.9 Å². The molecule has 5 nitrogen and oxygen atoms in total. The van der Waals surface area contributed by atoms with Gasteiger partial charge in [-0.25, -0.2) is 8.42 Å². The van der Waals surface area contributed by atoms with Crippen molar-refractivity contribution in [2.45, 2.75) is 20.8 Å². The molecule has 0 saturated heterocycles. The molecular weight excluding hydrogens is 288 g/mol. The van der Waals surface area contributed by atoms with Crippen molar-refractivity contribution in [3.05, 3.63) is 34.5 Å². The Bertz CT molecular complexity index is 804. The molecule has 0 bridgehead atoms. The summed E-state index contributed by atoms with van der Waals surface area (Å²) in [5.74, 6) is -0.333. The number of rotatable bonds is 4. The molecule has 1 heterocycles. The average Bonchev–Trinajstić information content (AvgIpc) is 2.66. The lowest BCUT2D eigenvalue weighted by atomic mass is 10.1. The van der Waals surface area contributed by atoms with E-state index in [9.17, 15) is 13.2 Å². The number of hydrogen-bond donors (Lipinski definition) is 2. The van der Waals surface area contributed by atoms with Crippen LogP contribution in [-0.2, 0) is 9.84 Å². The van der Waals surface area contributed by atoms with Gasteiger partial charge in [0, 0.05) is 23.7 Å². The fourth-order valence-corrected chi connectivity index (χ4v) is 2.92. The molecular formula is C15H20N2O3S. The normalized spacial score (nSPS) is 11.8. The van der Waals surface area contributed by atoms with E-state index in [4.69, 9.17) is 0 Å². The third-order valence-electron chi connectivity index (χ3n) is 3.49. The second-order valence-electron chi connectivity index (χ2n) is 5.52. The highest BCUT2D eigenvalue weighted by atomic mass is 32.2. The molecule has 0 aliphatic rings. The number of hydrogen-bond acceptors (Lipinski definition) is 3. The van der Waals surface area contributed by atoms with Gasteiger partial charge in [0.15, 0.2) is 0 Å². The SMILES string of the molecule is Cc1cc(C)c2[nH]c(C(=O)NCCS(C)(=O)=O)c(C)c2c1. The molecule has 21 heavy (non-hydrogen) atoms. The molecule has 0 aliphatic carbocycles. The molecule has 0 saturated carbocycles. The van der Waals surface area contributed by atoms with Gasteiger partial charge < -0.3 is 10.3 Å². The highest BCUT2D eigenvalue weighted by Gasteiger charge is 2.16. The van der Waals surface area contributed by atoms with E-state index in [-0.39, 0.29) is 18.2 Å². The second kappa shape index (κ2) is 5.52. The standard InChI is InChI=1S/C15H20N2O3S/c1-9-7-10(2)13-12(8-9)11(3)14(17-13)15(18)16-5-6-21(4,19)20/h7-8,17H,5-6H2,1-4H3,(H,16,18). The van der Waals surface area contributed by atoms with Crippen LogP contribution < -0.4 is 5.32 Å². The minimum absolute atomic E-state index is 0.0594. The van der Waals surface area contributed by atoms with Gasteiger partial charge in [-0.15, -0.1) is 0 Å². The van der Waals surface area contributed by atoms with Crippen LogP contribution in [0.4, 0.5) is 0 Å². The summed E-state index contributed by atoms with van der Waals surface area (Å²) in [4.78, 5) is 15.3. The molecule has 1 amide bonds. The lowest BCUT2D eigenvalue weighted by Gasteiger charge is -2.03. The molecule has 0 aliphatic heterocycles. The van der Waals surface area contributed by atoms with Gasteiger partial charge in [0.2, 0.25) is 0 Å². The van der Waals surface area contributed by atoms with Gasteiger partial charge >= 0.3 is 0 Å². The van der Waals surface area contributed by atoms with Crippen molar-refractivity contribution in [3.8, 4) is 0 Å². The highest BCUT2D eigenvalue weighted by Crippen LogP contribution is 2.25. The van der Waals surface area contributed by atoms with E-state index in [1.807, 2.05) is 26.8 Å². The first-order valence-corrected chi connectivity index (χ1v) is 8.80. The molecule has 2 N–H and O–H groups in total. The molecule has 2 rings (SSSR count). The summed E-state index contributed by atoms with van der Waals surface area (Å²) in [5, 5.41) is 3.67. The van der Waals surface area contributed by atoms with Gasteiger partial charge in [-0.05, 0) is 38.0 Å². The zero-order valence-corrected chi connectivity index (χ0v) is 13.5. The van der Waals surface area contributed by atoms with E-state index < -0.39 is 9.84 Å². The topological polar surface area (TPSA) is 79.0 Å². The Balaban J connectivity index is 2.28. The highest BCUT2D eigenvalue weighted by molar-refractivity contribution is 7.90. The van der Waals surface area contributed by atoms with E-state index in [2.05, 4.69) is 16.4 Å². The maximum Gasteiger partial charge on any atom is 0.268 e. The molecule has 0 radical (unpaired) electrons. The van der Waals surface area contributed by atoms with Crippen molar-refractivity contribution < 1.29 is 13.2 Å². The zero-order chi connectivity index (χ0) is 15.8. The second-order valence-corrected chi connectivity index (χ2v) is 7.77. The number of sulfone groups is 1. The number of aromatic nitrogens is 1. The quantitative estimate of drug-likeness (QED) is 0.905. The number of aromatic amines is 1. The number of fused-ring (bicyclic) bond motifs is 1. The summed E-state index contributed by atoms with van der Waals surface area (Å²) in [6, 6.07) is 4.10. The third-order valence-corrected chi connectivity index (χ3v) is 4.44. The third kappa shape index (κ3) is 3.44. The van der Waals surface area contributed by atoms with Crippen molar-refractivity contribution in [1.29, 1.82) is 0 Å². The predicted octanol–water partition coefficient (Wildman–Crippen LogP) is 1.87. The van der Waals surface area contributed by atoms with Crippen LogP contribution in [0.15, 0.2) is 12.1 Å². The van der Waals surface area contributed by atoms with Crippen molar-refractivity contribution in [2.24, 2.45) is 0 Å². The first kappa shape index (κ1) is 15.6. The molecule has 114 valence electrons. The monoisotopic (exact) mass is 308 g/mol. The van der Waals surface area contributed by atoms with Gasteiger partial charge in [-0.3, -0.25) is 4.79 Å². The fourth-order valence-electron chi connectivity index (χ4n) is 2.45. The van der Waals surface area contributed by atoms with Gasteiger partial charge in [-0.2, -0.15) is 0 Å². The molecule has 1 aromatic heterocycles. The number of carbonyl (C=O) groups is 1. The molecule has 2 aromatic rings. The van der Waals surface area contributed by atoms with Crippen molar-refractivity contribution in [1.82, 2.24) is 10.3 Å². The number of amides is 1. The minimum atomic E-state index is -3.07. The first-order chi connectivity index (χ1) is 9.69. The van der Waals surface area contributed by atoms with Gasteiger partial charge in [0.25, 0.3) is 5.91 Å². The van der Waals surface area contributed by atoms with Crippen molar-refractivity contribution in [3.63, 3.8) is 0 Å². The maximum atomic E-state index is 12.2. The smallest absolute Gasteiger partial charge is 0.268 e. The summed E-state index contributed by atoms with van der Waals surface area (Å²) in [6.45, 7) is 6.02. The summed E-state index contributed by atoms with van der Waals surface area (Å²) in [6.07, 6.45) is 1.15. The number of carbonyl (C=O) groups excluding carboxylic acids is 1. The van der Waals surface area contributed by atoms with E-state index in [0.29, 0.717) is 5.69 Å². The summed E-state index contributed by atoms with van der Waals surface area (Å²) >= 11 is 0. The number of nitrogens with one attached hydrogen (secondary N) is 2. The maximum absolute atomic E-state index is 12.2. The Morgan fingerprint density at radius 3 is 2.52 bits per heavy atom. The molecule has 0 fully saturated rings. The number of aryl methyl sites for hydroxylation is 3. The Morgan fingerprint density at radius 2 is 1.90 bits per heavy atom. The van der Waals surface area contributed by atoms with Crippen LogP contribution in [0.3, 0.4) is 0 Å². The van der Waals surface area contributed by atoms with Gasteiger partial charge in [0.05, 0.1) is 5.75 Å². The van der Waals surface area contributed by atoms with Crippen LogP contribution in [0.5, 0.6) is 0 Å². The Kier molecular flexibility index (Phi) is 4.09. The first-order valence-electron chi connectivity index (χ1n) is 6.74. The van der Waals surface area contributed by atoms with Crippen molar-refractivity contribution >= 4 is 26.6 Å². The van der Waals surface area contributed by atoms with E-state index >= 15 is 0 Å². The van der Waals surface area contributed by atoms with Gasteiger partial charge in [0.1, 0.15) is 15.5 Å². The molecule has 1 aromatic carbocycles. The molecule has 6 heteroatoms. The number of benzene rings is 1.